The first-order valence-corrected chi connectivity index (χ1v) is 12.7. The van der Waals surface area contributed by atoms with Crippen molar-refractivity contribution in [3.63, 3.8) is 0 Å². The maximum absolute atomic E-state index is 14.5. The molecule has 1 amide bonds. The summed E-state index contributed by atoms with van der Waals surface area (Å²) in [6.07, 6.45) is 0. The Balaban J connectivity index is 2.17. The van der Waals surface area contributed by atoms with E-state index in [4.69, 9.17) is 22.1 Å². The van der Waals surface area contributed by atoms with Gasteiger partial charge in [-0.25, -0.2) is 8.60 Å². The maximum atomic E-state index is 14.5. The molecule has 1 heterocycles. The number of benzene rings is 2. The van der Waals surface area contributed by atoms with Gasteiger partial charge in [0.2, 0.25) is 0 Å². The van der Waals surface area contributed by atoms with Crippen LogP contribution in [0.5, 0.6) is 11.5 Å². The smallest absolute Gasteiger partial charge is 0.274 e. The van der Waals surface area contributed by atoms with Crippen molar-refractivity contribution in [2.75, 3.05) is 15.8 Å². The Morgan fingerprint density at radius 2 is 2.00 bits per heavy atom. The molecule has 12 heteroatoms. The van der Waals surface area contributed by atoms with Crippen LogP contribution in [0.25, 0.3) is 0 Å². The third-order valence-corrected chi connectivity index (χ3v) is 6.88. The van der Waals surface area contributed by atoms with Gasteiger partial charge >= 0.3 is 0 Å². The summed E-state index contributed by atoms with van der Waals surface area (Å²) in [7, 11) is 0.0670. The van der Waals surface area contributed by atoms with Crippen molar-refractivity contribution in [2.45, 2.75) is 13.8 Å². The van der Waals surface area contributed by atoms with E-state index in [0.29, 0.717) is 20.6 Å². The summed E-state index contributed by atoms with van der Waals surface area (Å²) >= 11 is 8.25. The summed E-state index contributed by atoms with van der Waals surface area (Å²) in [6, 6.07) is 9.37. The zero-order valence-electron chi connectivity index (χ0n) is 18.4. The summed E-state index contributed by atoms with van der Waals surface area (Å²) in [6.45, 7) is 3.48. The van der Waals surface area contributed by atoms with E-state index in [9.17, 15) is 18.2 Å². The number of carbonyl (C=O) groups excluding carboxylic acids is 1. The first-order chi connectivity index (χ1) is 16.0. The number of anilines is 3. The molecular weight excluding hydrogens is 598 g/mol. The Labute approximate surface area is 216 Å². The normalized spacial score (nSPS) is 11.7. The fourth-order valence-corrected chi connectivity index (χ4v) is 4.38. The Bertz CT molecular complexity index is 1370. The number of ether oxygens (including phenoxy) is 1. The van der Waals surface area contributed by atoms with Crippen LogP contribution < -0.4 is 26.1 Å². The lowest BCUT2D eigenvalue weighted by atomic mass is 10.1. The average Bonchev–Trinajstić information content (AvgIpc) is 2.79. The fraction of sp³-hybridized carbons (Fsp3) is 0.182. The minimum atomic E-state index is -1.30. The number of rotatable bonds is 8. The molecule has 1 unspecified atom stereocenters. The van der Waals surface area contributed by atoms with Crippen molar-refractivity contribution in [2.24, 2.45) is 12.8 Å². The highest BCUT2D eigenvalue weighted by molar-refractivity contribution is 14.1. The predicted molar refractivity (Wildman–Crippen MR) is 141 cm³/mol. The van der Waals surface area contributed by atoms with Crippen molar-refractivity contribution in [1.29, 1.82) is 0 Å². The SMILES string of the molecule is CCS(=O)Nc1cccc(Oc2c(C(N)=O)c(Nc3ccc(I)cc3F)n(C)c(=O)c2Cl)c1C. The number of primary amides is 1. The largest absolute Gasteiger partial charge is 0.454 e. The summed E-state index contributed by atoms with van der Waals surface area (Å²) in [5, 5.41) is 2.39. The second-order valence-electron chi connectivity index (χ2n) is 7.11. The van der Waals surface area contributed by atoms with E-state index in [-0.39, 0.29) is 33.6 Å². The molecule has 0 aliphatic heterocycles. The fourth-order valence-electron chi connectivity index (χ4n) is 3.06. The second-order valence-corrected chi connectivity index (χ2v) is 10.2. The number of nitrogens with two attached hydrogens (primary N) is 1. The zero-order chi connectivity index (χ0) is 25.2. The van der Waals surface area contributed by atoms with Crippen LogP contribution in [-0.2, 0) is 18.0 Å². The van der Waals surface area contributed by atoms with Gasteiger partial charge in [0.1, 0.15) is 39.0 Å². The number of nitrogens with one attached hydrogen (secondary N) is 2. The van der Waals surface area contributed by atoms with Crippen LogP contribution in [-0.4, -0.2) is 20.4 Å². The molecule has 0 aliphatic carbocycles. The van der Waals surface area contributed by atoms with Crippen LogP contribution >= 0.6 is 34.2 Å². The lowest BCUT2D eigenvalue weighted by Crippen LogP contribution is -2.26. The van der Waals surface area contributed by atoms with Crippen molar-refractivity contribution in [3.8, 4) is 11.5 Å². The van der Waals surface area contributed by atoms with Crippen LogP contribution in [0.3, 0.4) is 0 Å². The standard InChI is InChI=1S/C22H21ClFIN4O4S/c1-4-34(32)28-14-6-5-7-16(11(14)2)33-19-17(20(26)30)21(29(3)22(31)18(19)23)27-15-9-8-12(25)10-13(15)24/h5-10,27-28H,4H2,1-3H3,(H2,26,30). The monoisotopic (exact) mass is 618 g/mol. The molecule has 3 aromatic rings. The molecule has 0 saturated heterocycles. The van der Waals surface area contributed by atoms with Gasteiger partial charge in [-0.1, -0.05) is 24.6 Å². The highest BCUT2D eigenvalue weighted by atomic mass is 127. The number of pyridine rings is 1. The van der Waals surface area contributed by atoms with Gasteiger partial charge in [-0.05, 0) is 59.8 Å². The minimum absolute atomic E-state index is 0.0237. The number of amides is 1. The van der Waals surface area contributed by atoms with Gasteiger partial charge in [-0.2, -0.15) is 0 Å². The topological polar surface area (TPSA) is 115 Å². The molecule has 1 aromatic heterocycles. The zero-order valence-corrected chi connectivity index (χ0v) is 22.1. The number of halogens is 3. The third kappa shape index (κ3) is 5.36. The quantitative estimate of drug-likeness (QED) is 0.313. The summed E-state index contributed by atoms with van der Waals surface area (Å²) in [5.41, 5.74) is 5.85. The highest BCUT2D eigenvalue weighted by Crippen LogP contribution is 2.38. The maximum Gasteiger partial charge on any atom is 0.274 e. The van der Waals surface area contributed by atoms with Crippen molar-refractivity contribution < 1.29 is 18.1 Å². The van der Waals surface area contributed by atoms with Gasteiger partial charge in [0.25, 0.3) is 11.5 Å². The first kappa shape index (κ1) is 26.0. The molecule has 0 fully saturated rings. The lowest BCUT2D eigenvalue weighted by molar-refractivity contribution is 0.0998. The van der Waals surface area contributed by atoms with E-state index in [1.54, 1.807) is 38.1 Å². The van der Waals surface area contributed by atoms with Crippen molar-refractivity contribution in [3.05, 3.63) is 72.3 Å². The van der Waals surface area contributed by atoms with Gasteiger partial charge in [-0.15, -0.1) is 0 Å². The van der Waals surface area contributed by atoms with Gasteiger partial charge < -0.3 is 20.5 Å². The van der Waals surface area contributed by atoms with E-state index in [1.807, 2.05) is 22.6 Å². The molecule has 180 valence electrons. The number of hydrogen-bond acceptors (Lipinski definition) is 5. The molecule has 3 rings (SSSR count). The molecule has 0 radical (unpaired) electrons. The van der Waals surface area contributed by atoms with E-state index >= 15 is 0 Å². The van der Waals surface area contributed by atoms with E-state index in [1.165, 1.54) is 19.2 Å². The molecule has 0 spiro atoms. The van der Waals surface area contributed by atoms with Crippen LogP contribution in [0.15, 0.2) is 41.2 Å². The van der Waals surface area contributed by atoms with Crippen molar-refractivity contribution >= 4 is 68.3 Å². The molecule has 0 saturated carbocycles. The molecule has 1 atom stereocenters. The minimum Gasteiger partial charge on any atom is -0.454 e. The Kier molecular flexibility index (Phi) is 8.21. The highest BCUT2D eigenvalue weighted by Gasteiger charge is 2.26. The third-order valence-electron chi connectivity index (χ3n) is 4.90. The van der Waals surface area contributed by atoms with Gasteiger partial charge in [-0.3, -0.25) is 14.2 Å². The van der Waals surface area contributed by atoms with Crippen LogP contribution in [0.4, 0.5) is 21.6 Å². The van der Waals surface area contributed by atoms with Crippen LogP contribution in [0, 0.1) is 16.3 Å². The Morgan fingerprint density at radius 1 is 1.29 bits per heavy atom. The van der Waals surface area contributed by atoms with Crippen molar-refractivity contribution in [1.82, 2.24) is 4.57 Å². The van der Waals surface area contributed by atoms with Gasteiger partial charge in [0, 0.05) is 21.9 Å². The molecular formula is C22H21ClFIN4O4S. The van der Waals surface area contributed by atoms with Gasteiger partial charge in [0.15, 0.2) is 5.75 Å². The molecule has 4 N–H and O–H groups in total. The molecule has 0 aliphatic rings. The average molecular weight is 619 g/mol. The first-order valence-electron chi connectivity index (χ1n) is 9.92. The number of hydrogen-bond donors (Lipinski definition) is 3. The molecule has 0 bridgehead atoms. The van der Waals surface area contributed by atoms with Crippen LogP contribution in [0.2, 0.25) is 5.02 Å². The number of carbonyl (C=O) groups is 1. The molecule has 8 nitrogen and oxygen atoms in total. The van der Waals surface area contributed by atoms with E-state index in [0.717, 1.165) is 4.57 Å². The summed E-state index contributed by atoms with van der Waals surface area (Å²) < 4.78 is 37.0. The van der Waals surface area contributed by atoms with E-state index in [2.05, 4.69) is 10.0 Å². The summed E-state index contributed by atoms with van der Waals surface area (Å²) in [5.74, 6) is -1.26. The van der Waals surface area contributed by atoms with E-state index < -0.39 is 28.3 Å². The summed E-state index contributed by atoms with van der Waals surface area (Å²) in [4.78, 5) is 25.3. The Hall–Kier alpha value is -2.64. The number of aromatic nitrogens is 1. The predicted octanol–water partition coefficient (Wildman–Crippen LogP) is 4.82. The molecule has 2 aromatic carbocycles. The van der Waals surface area contributed by atoms with Crippen LogP contribution in [0.1, 0.15) is 22.8 Å². The van der Waals surface area contributed by atoms with Gasteiger partial charge in [0.05, 0.1) is 11.4 Å². The lowest BCUT2D eigenvalue weighted by Gasteiger charge is -2.20. The number of nitrogens with zero attached hydrogens (tertiary/aromatic N) is 1. The molecule has 34 heavy (non-hydrogen) atoms. The second kappa shape index (κ2) is 10.7. The Morgan fingerprint density at radius 3 is 2.62 bits per heavy atom.